The van der Waals surface area contributed by atoms with Crippen molar-refractivity contribution in [2.45, 2.75) is 45.6 Å². The summed E-state index contributed by atoms with van der Waals surface area (Å²) >= 11 is 0. The first-order valence-electron chi connectivity index (χ1n) is 5.35. The van der Waals surface area contributed by atoms with E-state index >= 15 is 0 Å². The van der Waals surface area contributed by atoms with Crippen molar-refractivity contribution < 1.29 is 9.36 Å². The lowest BCUT2D eigenvalue weighted by Gasteiger charge is -2.10. The molecule has 78 valence electrons. The Kier molecular flexibility index (Phi) is 4.36. The largest absolute Gasteiger partial charge is 0.295 e. The normalized spacial score (nSPS) is 12.7. The van der Waals surface area contributed by atoms with Gasteiger partial charge in [-0.15, -0.1) is 0 Å². The van der Waals surface area contributed by atoms with Crippen LogP contribution >= 0.6 is 0 Å². The van der Waals surface area contributed by atoms with Gasteiger partial charge in [0.25, 0.3) is 0 Å². The van der Waals surface area contributed by atoms with Crippen molar-refractivity contribution in [1.82, 2.24) is 4.98 Å². The van der Waals surface area contributed by atoms with Gasteiger partial charge in [-0.2, -0.15) is 0 Å². The summed E-state index contributed by atoms with van der Waals surface area (Å²) in [5, 5.41) is 0. The molecule has 1 rings (SSSR count). The van der Waals surface area contributed by atoms with Crippen LogP contribution in [0.25, 0.3) is 0 Å². The van der Waals surface area contributed by atoms with Crippen LogP contribution in [0.5, 0.6) is 0 Å². The van der Waals surface area contributed by atoms with Crippen molar-refractivity contribution in [3.63, 3.8) is 0 Å². The fourth-order valence-electron chi connectivity index (χ4n) is 1.60. The van der Waals surface area contributed by atoms with Crippen molar-refractivity contribution in [3.8, 4) is 0 Å². The first-order chi connectivity index (χ1) is 6.79. The number of hydrogen-bond donors (Lipinski definition) is 1. The molecule has 0 aliphatic rings. The zero-order valence-electron chi connectivity index (χ0n) is 8.99. The molecule has 1 atom stereocenters. The quantitative estimate of drug-likeness (QED) is 0.693. The second-order valence-corrected chi connectivity index (χ2v) is 3.54. The second-order valence-electron chi connectivity index (χ2n) is 3.54. The summed E-state index contributed by atoms with van der Waals surface area (Å²) in [6, 6.07) is 0.0335. The minimum Gasteiger partial charge on any atom is -0.295 e. The molecule has 0 spiro atoms. The summed E-state index contributed by atoms with van der Waals surface area (Å²) in [7, 11) is 0. The third-order valence-corrected chi connectivity index (χ3v) is 2.48. The van der Waals surface area contributed by atoms with E-state index in [0.717, 1.165) is 19.3 Å². The molecule has 0 saturated heterocycles. The predicted molar refractivity (Wildman–Crippen MR) is 54.8 cm³/mol. The maximum absolute atomic E-state index is 11.7. The average Bonchev–Trinajstić information content (AvgIpc) is 2.71. The molecule has 1 N–H and O–H groups in total. The van der Waals surface area contributed by atoms with E-state index in [1.54, 1.807) is 0 Å². The lowest BCUT2D eigenvalue weighted by Crippen LogP contribution is -2.41. The number of imidazole rings is 1. The maximum Gasteiger partial charge on any atom is 0.242 e. The fourth-order valence-corrected chi connectivity index (χ4v) is 1.60. The average molecular weight is 195 g/mol. The van der Waals surface area contributed by atoms with Gasteiger partial charge < -0.3 is 0 Å². The summed E-state index contributed by atoms with van der Waals surface area (Å²) in [6.45, 7) is 4.07. The third kappa shape index (κ3) is 2.69. The van der Waals surface area contributed by atoms with Gasteiger partial charge in [-0.05, 0) is 12.8 Å². The first kappa shape index (κ1) is 11.0. The Morgan fingerprint density at radius 3 is 2.79 bits per heavy atom. The van der Waals surface area contributed by atoms with Crippen LogP contribution in [0.4, 0.5) is 0 Å². The molecule has 3 heteroatoms. The molecule has 0 saturated carbocycles. The SMILES string of the molecule is CCCCC(C(=O)CC)[n+]1cc[nH]c1. The minimum absolute atomic E-state index is 0.0335. The highest BCUT2D eigenvalue weighted by molar-refractivity contribution is 5.80. The van der Waals surface area contributed by atoms with Crippen molar-refractivity contribution in [3.05, 3.63) is 18.7 Å². The summed E-state index contributed by atoms with van der Waals surface area (Å²) < 4.78 is 1.97. The van der Waals surface area contributed by atoms with E-state index in [2.05, 4.69) is 11.9 Å². The van der Waals surface area contributed by atoms with Crippen LogP contribution in [0.15, 0.2) is 18.7 Å². The van der Waals surface area contributed by atoms with Gasteiger partial charge in [0.15, 0.2) is 11.8 Å². The van der Waals surface area contributed by atoms with Gasteiger partial charge in [0.2, 0.25) is 6.33 Å². The van der Waals surface area contributed by atoms with Gasteiger partial charge >= 0.3 is 0 Å². The highest BCUT2D eigenvalue weighted by atomic mass is 16.1. The Balaban J connectivity index is 2.67. The molecule has 1 unspecified atom stereocenters. The van der Waals surface area contributed by atoms with E-state index in [-0.39, 0.29) is 6.04 Å². The number of Topliss-reactive ketones (excluding diaryl/α,β-unsaturated/α-hetero) is 1. The maximum atomic E-state index is 11.7. The Morgan fingerprint density at radius 2 is 2.29 bits per heavy atom. The molecular formula is C11H19N2O+. The van der Waals surface area contributed by atoms with Crippen molar-refractivity contribution in [2.24, 2.45) is 0 Å². The number of rotatable bonds is 6. The molecule has 3 nitrogen and oxygen atoms in total. The van der Waals surface area contributed by atoms with Crippen molar-refractivity contribution in [2.75, 3.05) is 0 Å². The molecular weight excluding hydrogens is 176 g/mol. The van der Waals surface area contributed by atoms with Crippen LogP contribution in [0, 0.1) is 0 Å². The summed E-state index contributed by atoms with van der Waals surface area (Å²) in [4.78, 5) is 14.7. The van der Waals surface area contributed by atoms with Crippen LogP contribution in [-0.2, 0) is 4.79 Å². The fraction of sp³-hybridized carbons (Fsp3) is 0.636. The predicted octanol–water partition coefficient (Wildman–Crippen LogP) is 2.01. The topological polar surface area (TPSA) is 36.7 Å². The van der Waals surface area contributed by atoms with Crippen LogP contribution in [-0.4, -0.2) is 10.8 Å². The van der Waals surface area contributed by atoms with E-state index < -0.39 is 0 Å². The number of nitrogens with zero attached hydrogens (tertiary/aromatic N) is 1. The zero-order valence-corrected chi connectivity index (χ0v) is 8.99. The Bertz CT molecular complexity index is 267. The molecule has 0 fully saturated rings. The molecule has 1 aromatic heterocycles. The summed E-state index contributed by atoms with van der Waals surface area (Å²) in [5.74, 6) is 0.322. The number of carbonyl (C=O) groups excluding carboxylic acids is 1. The number of H-pyrrole nitrogens is 1. The summed E-state index contributed by atoms with van der Waals surface area (Å²) in [5.41, 5.74) is 0. The minimum atomic E-state index is 0.0335. The molecule has 1 aromatic rings. The molecule has 14 heavy (non-hydrogen) atoms. The number of aromatic nitrogens is 2. The smallest absolute Gasteiger partial charge is 0.242 e. The van der Waals surface area contributed by atoms with Crippen LogP contribution < -0.4 is 4.57 Å². The van der Waals surface area contributed by atoms with Crippen LogP contribution in [0.1, 0.15) is 45.6 Å². The van der Waals surface area contributed by atoms with E-state index in [1.807, 2.05) is 30.2 Å². The molecule has 0 aromatic carbocycles. The van der Waals surface area contributed by atoms with E-state index in [9.17, 15) is 4.79 Å². The van der Waals surface area contributed by atoms with Gasteiger partial charge in [0, 0.05) is 6.42 Å². The zero-order chi connectivity index (χ0) is 10.4. The molecule has 0 aliphatic carbocycles. The number of hydrogen-bond acceptors (Lipinski definition) is 1. The third-order valence-electron chi connectivity index (χ3n) is 2.48. The number of nitrogens with one attached hydrogen (secondary N) is 1. The number of carbonyl (C=O) groups is 1. The molecule has 1 heterocycles. The van der Waals surface area contributed by atoms with E-state index in [1.165, 1.54) is 0 Å². The Hall–Kier alpha value is -1.12. The van der Waals surface area contributed by atoms with Crippen LogP contribution in [0.2, 0.25) is 0 Å². The molecule has 0 radical (unpaired) electrons. The van der Waals surface area contributed by atoms with Gasteiger partial charge in [0.1, 0.15) is 12.4 Å². The van der Waals surface area contributed by atoms with Gasteiger partial charge in [0.05, 0.1) is 0 Å². The molecule has 0 amide bonds. The van der Waals surface area contributed by atoms with Gasteiger partial charge in [-0.25, -0.2) is 4.57 Å². The lowest BCUT2D eigenvalue weighted by atomic mass is 10.0. The van der Waals surface area contributed by atoms with E-state index in [0.29, 0.717) is 12.2 Å². The Labute approximate surface area is 85.2 Å². The number of aromatic amines is 1. The molecule has 0 aliphatic heterocycles. The monoisotopic (exact) mass is 195 g/mol. The van der Waals surface area contributed by atoms with Crippen LogP contribution in [0.3, 0.4) is 0 Å². The Morgan fingerprint density at radius 1 is 1.50 bits per heavy atom. The highest BCUT2D eigenvalue weighted by Gasteiger charge is 2.21. The van der Waals surface area contributed by atoms with Crippen molar-refractivity contribution >= 4 is 5.78 Å². The lowest BCUT2D eigenvalue weighted by molar-refractivity contribution is -0.708. The standard InChI is InChI=1S/C11H18N2O/c1-3-5-6-10(11(14)4-2)13-8-7-12-9-13/h7-10H,3-6H2,1-2H3/p+1. The van der Waals surface area contributed by atoms with E-state index in [4.69, 9.17) is 0 Å². The first-order valence-corrected chi connectivity index (χ1v) is 5.35. The van der Waals surface area contributed by atoms with Crippen molar-refractivity contribution in [1.29, 1.82) is 0 Å². The number of unbranched alkanes of at least 4 members (excludes halogenated alkanes) is 1. The summed E-state index contributed by atoms with van der Waals surface area (Å²) in [6.07, 6.45) is 9.44. The number of ketones is 1. The molecule has 0 bridgehead atoms. The van der Waals surface area contributed by atoms with Gasteiger partial charge in [-0.3, -0.25) is 9.78 Å². The second kappa shape index (κ2) is 5.58. The highest BCUT2D eigenvalue weighted by Crippen LogP contribution is 2.11. The van der Waals surface area contributed by atoms with Gasteiger partial charge in [-0.1, -0.05) is 20.3 Å².